The lowest BCUT2D eigenvalue weighted by atomic mass is 9.98. The number of nitrogens with one attached hydrogen (secondary N) is 1. The summed E-state index contributed by atoms with van der Waals surface area (Å²) in [6.45, 7) is 2.61. The van der Waals surface area contributed by atoms with Crippen molar-refractivity contribution >= 4 is 27.4 Å². The fourth-order valence-corrected chi connectivity index (χ4v) is 6.53. The van der Waals surface area contributed by atoms with Gasteiger partial charge in [-0.1, -0.05) is 0 Å². The van der Waals surface area contributed by atoms with E-state index in [2.05, 4.69) is 19.7 Å². The number of hydrogen-bond donors (Lipinski definition) is 2. The number of ether oxygens (including phenoxy) is 2. The molecule has 12 heteroatoms. The number of benzene rings is 1. The van der Waals surface area contributed by atoms with Gasteiger partial charge in [-0.3, -0.25) is 9.69 Å². The highest BCUT2D eigenvalue weighted by Crippen LogP contribution is 2.39. The van der Waals surface area contributed by atoms with Crippen molar-refractivity contribution < 1.29 is 23.3 Å². The Morgan fingerprint density at radius 1 is 1.26 bits per heavy atom. The number of carbonyl (C=O) groups excluding carboxylic acids is 2. The van der Waals surface area contributed by atoms with Crippen LogP contribution in [0.3, 0.4) is 0 Å². The summed E-state index contributed by atoms with van der Waals surface area (Å²) in [5.41, 5.74) is 4.24. The van der Waals surface area contributed by atoms with Crippen LogP contribution in [-0.4, -0.2) is 69.7 Å². The highest BCUT2D eigenvalue weighted by atomic mass is 32.2. The standard InChI is InChI=1S/C23H28N6O5S/c1-33-15-10-28(11-15)14-9-29-22(34-12-14)20(8-25-29)35(24,32)27-23(31)26-21-16-4-2-3-13(16)7-18-17(21)5-6-19(18)30/h7-8,14-15H,2-6,9-12H2,1H3,(H3,24,26,27,31,32). The predicted molar refractivity (Wildman–Crippen MR) is 127 cm³/mol. The van der Waals surface area contributed by atoms with Gasteiger partial charge in [0.2, 0.25) is 5.88 Å². The molecule has 1 saturated heterocycles. The first-order valence-electron chi connectivity index (χ1n) is 11.9. The maximum absolute atomic E-state index is 13.3. The molecule has 1 aromatic carbocycles. The van der Waals surface area contributed by atoms with Crippen molar-refractivity contribution in [2.75, 3.05) is 32.1 Å². The molecule has 11 nitrogen and oxygen atoms in total. The van der Waals surface area contributed by atoms with Crippen molar-refractivity contribution in [3.8, 4) is 5.88 Å². The van der Waals surface area contributed by atoms with Gasteiger partial charge in [-0.25, -0.2) is 18.8 Å². The number of nitrogens with two attached hydrogens (primary N) is 1. The van der Waals surface area contributed by atoms with Crippen LogP contribution < -0.4 is 15.2 Å². The molecule has 2 aromatic rings. The fraction of sp³-hybridized carbons (Fsp3) is 0.522. The number of aromatic nitrogens is 2. The monoisotopic (exact) mass is 500 g/mol. The zero-order valence-corrected chi connectivity index (χ0v) is 20.3. The minimum atomic E-state index is -3.60. The van der Waals surface area contributed by atoms with E-state index in [-0.39, 0.29) is 28.7 Å². The van der Waals surface area contributed by atoms with Crippen LogP contribution in [0.15, 0.2) is 21.5 Å². The first-order chi connectivity index (χ1) is 16.8. The smallest absolute Gasteiger partial charge is 0.354 e. The molecule has 2 unspecified atom stereocenters. The lowest BCUT2D eigenvalue weighted by molar-refractivity contribution is -0.0687. The van der Waals surface area contributed by atoms with Crippen molar-refractivity contribution in [3.63, 3.8) is 0 Å². The number of nitrogens with zero attached hydrogens (tertiary/aromatic N) is 4. The van der Waals surface area contributed by atoms with Crippen molar-refractivity contribution in [2.45, 2.75) is 55.7 Å². The number of hydrogen-bond acceptors (Lipinski definition) is 7. The van der Waals surface area contributed by atoms with Gasteiger partial charge >= 0.3 is 6.03 Å². The topological polar surface area (TPSA) is 141 Å². The minimum Gasteiger partial charge on any atom is -0.475 e. The fourth-order valence-electron chi connectivity index (χ4n) is 5.52. The number of ketones is 1. The third kappa shape index (κ3) is 3.84. The van der Waals surface area contributed by atoms with E-state index in [9.17, 15) is 13.8 Å². The lowest BCUT2D eigenvalue weighted by Gasteiger charge is -2.44. The van der Waals surface area contributed by atoms with Crippen molar-refractivity contribution in [3.05, 3.63) is 34.5 Å². The second-order valence-corrected chi connectivity index (χ2v) is 11.3. The number of urea groups is 1. The molecule has 3 heterocycles. The summed E-state index contributed by atoms with van der Waals surface area (Å²) >= 11 is 0. The number of carbonyl (C=O) groups is 2. The molecule has 4 aliphatic rings. The molecule has 0 radical (unpaired) electrons. The van der Waals surface area contributed by atoms with E-state index in [1.165, 1.54) is 6.20 Å². The Balaban J connectivity index is 1.24. The summed E-state index contributed by atoms with van der Waals surface area (Å²) in [4.78, 5) is 27.6. The summed E-state index contributed by atoms with van der Waals surface area (Å²) in [5.74, 6) is 0.365. The quantitative estimate of drug-likeness (QED) is 0.648. The maximum Gasteiger partial charge on any atom is 0.354 e. The molecule has 186 valence electrons. The number of fused-ring (bicyclic) bond motifs is 3. The average Bonchev–Trinajstić information content (AvgIpc) is 3.51. The molecule has 0 bridgehead atoms. The summed E-state index contributed by atoms with van der Waals surface area (Å²) in [5, 5.41) is 13.2. The second-order valence-electron chi connectivity index (χ2n) is 9.55. The van der Waals surface area contributed by atoms with Crippen molar-refractivity contribution in [2.24, 2.45) is 9.50 Å². The SMILES string of the molecule is COC1CN(C2COc3c(S(N)(=O)=NC(=O)Nc4c5c(cc6c4CCC6=O)CCC5)cnn3C2)C1. The van der Waals surface area contributed by atoms with Gasteiger partial charge in [0, 0.05) is 37.9 Å². The highest BCUT2D eigenvalue weighted by Gasteiger charge is 2.37. The average molecular weight is 501 g/mol. The number of likely N-dealkylation sites (tertiary alicyclic amines) is 1. The molecule has 0 saturated carbocycles. The number of methoxy groups -OCH3 is 1. The summed E-state index contributed by atoms with van der Waals surface area (Å²) in [6.07, 6.45) is 5.24. The van der Waals surface area contributed by atoms with Gasteiger partial charge in [0.1, 0.15) is 11.5 Å². The van der Waals surface area contributed by atoms with Gasteiger partial charge in [0.25, 0.3) is 0 Å². The molecule has 3 N–H and O–H groups in total. The van der Waals surface area contributed by atoms with Gasteiger partial charge in [-0.2, -0.15) is 5.10 Å². The first kappa shape index (κ1) is 22.7. The van der Waals surface area contributed by atoms with E-state index in [1.54, 1.807) is 11.8 Å². The van der Waals surface area contributed by atoms with Crippen LogP contribution in [0.2, 0.25) is 0 Å². The summed E-state index contributed by atoms with van der Waals surface area (Å²) in [7, 11) is -1.90. The Kier molecular flexibility index (Phi) is 5.44. The molecule has 6 rings (SSSR count). The molecule has 2 aliphatic heterocycles. The van der Waals surface area contributed by atoms with E-state index in [1.807, 2.05) is 6.07 Å². The molecule has 2 atom stereocenters. The summed E-state index contributed by atoms with van der Waals surface area (Å²) < 4.78 is 30.0. The largest absolute Gasteiger partial charge is 0.475 e. The van der Waals surface area contributed by atoms with E-state index >= 15 is 0 Å². The molecule has 35 heavy (non-hydrogen) atoms. The minimum absolute atomic E-state index is 0.0858. The molecule has 1 fully saturated rings. The van der Waals surface area contributed by atoms with Gasteiger partial charge in [-0.05, 0) is 48.4 Å². The Morgan fingerprint density at radius 2 is 2.09 bits per heavy atom. The van der Waals surface area contributed by atoms with Gasteiger partial charge in [0.05, 0.1) is 24.9 Å². The Labute approximate surface area is 203 Å². The molecular weight excluding hydrogens is 472 g/mol. The first-order valence-corrected chi connectivity index (χ1v) is 13.4. The van der Waals surface area contributed by atoms with Gasteiger partial charge < -0.3 is 14.8 Å². The lowest BCUT2D eigenvalue weighted by Crippen LogP contribution is -2.59. The molecule has 1 aromatic heterocycles. The van der Waals surface area contributed by atoms with Gasteiger partial charge in [-0.15, -0.1) is 4.36 Å². The van der Waals surface area contributed by atoms with Crippen LogP contribution in [-0.2, 0) is 40.5 Å². The molecular formula is C23H28N6O5S. The number of Topliss-reactive ketones (excluding diaryl/α,β-unsaturated/α-hetero) is 1. The van der Waals surface area contributed by atoms with Crippen LogP contribution in [0, 0.1) is 0 Å². The third-order valence-electron chi connectivity index (χ3n) is 7.46. The number of amides is 2. The number of anilines is 1. The summed E-state index contributed by atoms with van der Waals surface area (Å²) in [6, 6.07) is 1.28. The maximum atomic E-state index is 13.3. The highest BCUT2D eigenvalue weighted by molar-refractivity contribution is 7.91. The van der Waals surface area contributed by atoms with Crippen LogP contribution in [0.25, 0.3) is 0 Å². The third-order valence-corrected chi connectivity index (χ3v) is 8.80. The van der Waals surface area contributed by atoms with Crippen molar-refractivity contribution in [1.82, 2.24) is 14.7 Å². The van der Waals surface area contributed by atoms with E-state index in [0.717, 1.165) is 49.0 Å². The van der Waals surface area contributed by atoms with E-state index in [4.69, 9.17) is 14.6 Å². The van der Waals surface area contributed by atoms with E-state index in [0.29, 0.717) is 37.2 Å². The number of aryl methyl sites for hydroxylation is 1. The Hall–Kier alpha value is -2.80. The van der Waals surface area contributed by atoms with Crippen LogP contribution in [0.5, 0.6) is 5.88 Å². The van der Waals surface area contributed by atoms with E-state index < -0.39 is 15.9 Å². The molecule has 2 amide bonds. The van der Waals surface area contributed by atoms with Crippen molar-refractivity contribution in [1.29, 1.82) is 0 Å². The van der Waals surface area contributed by atoms with Crippen LogP contribution in [0.1, 0.15) is 39.9 Å². The normalized spacial score (nSPS) is 23.0. The zero-order valence-electron chi connectivity index (χ0n) is 19.5. The molecule has 0 spiro atoms. The van der Waals surface area contributed by atoms with Crippen LogP contribution >= 0.6 is 0 Å². The van der Waals surface area contributed by atoms with Gasteiger partial charge in [0.15, 0.2) is 15.7 Å². The Bertz CT molecular complexity index is 1350. The predicted octanol–water partition coefficient (Wildman–Crippen LogP) is 1.53. The Morgan fingerprint density at radius 3 is 2.89 bits per heavy atom. The second kappa shape index (κ2) is 8.40. The molecule has 2 aliphatic carbocycles. The number of rotatable bonds is 4. The zero-order chi connectivity index (χ0) is 24.3. The van der Waals surface area contributed by atoms with Crippen LogP contribution in [0.4, 0.5) is 10.5 Å².